The molecule has 27 rings (SSSR count). The molecule has 0 unspecified atom stereocenters. The van der Waals surface area contributed by atoms with Crippen molar-refractivity contribution in [1.29, 1.82) is 0 Å². The van der Waals surface area contributed by atoms with E-state index in [1.165, 1.54) is 77.8 Å². The first-order valence-corrected chi connectivity index (χ1v) is 44.4. The molecule has 2 spiro atoms. The molecule has 5 aromatic heterocycles. The van der Waals surface area contributed by atoms with Gasteiger partial charge in [0.1, 0.15) is 11.5 Å². The summed E-state index contributed by atoms with van der Waals surface area (Å²) in [5.41, 5.74) is 35.8. The number of aromatic nitrogens is 6. The van der Waals surface area contributed by atoms with Crippen LogP contribution in [0.1, 0.15) is 44.5 Å². The zero-order valence-electron chi connectivity index (χ0n) is 70.3. The second-order valence-corrected chi connectivity index (χ2v) is 34.1. The molecule has 0 atom stereocenters. The van der Waals surface area contributed by atoms with Crippen molar-refractivity contribution >= 4 is 82.2 Å². The summed E-state index contributed by atoms with van der Waals surface area (Å²) in [7, 11) is 0. The topological polar surface area (TPSA) is 89.8 Å². The Bertz CT molecular complexity index is 8410. The van der Waals surface area contributed by atoms with Gasteiger partial charge >= 0.3 is 0 Å². The molecule has 18 aromatic carbocycles. The number of hydrogen-bond acceptors (Lipinski definition) is 8. The van der Waals surface area contributed by atoms with Gasteiger partial charge in [-0.3, -0.25) is 0 Å². The summed E-state index contributed by atoms with van der Waals surface area (Å²) in [4.78, 5) is 34.1. The van der Waals surface area contributed by atoms with Crippen LogP contribution in [0.2, 0.25) is 0 Å². The van der Waals surface area contributed by atoms with Gasteiger partial charge in [0.25, 0.3) is 0 Å². The predicted molar refractivity (Wildman–Crippen MR) is 531 cm³/mol. The first kappa shape index (κ1) is 74.2. The van der Waals surface area contributed by atoms with Crippen LogP contribution in [-0.4, -0.2) is 29.9 Å². The molecule has 4 aliphatic rings. The lowest BCUT2D eigenvalue weighted by molar-refractivity contribution is 0.436. The van der Waals surface area contributed by atoms with Crippen LogP contribution >= 0.6 is 0 Å². The Labute approximate surface area is 750 Å². The third-order valence-corrected chi connectivity index (χ3v) is 27.2. The molecule has 0 N–H and O–H groups in total. The van der Waals surface area contributed by atoms with E-state index >= 15 is 0 Å². The first-order valence-electron chi connectivity index (χ1n) is 44.4. The second-order valence-electron chi connectivity index (χ2n) is 34.1. The van der Waals surface area contributed by atoms with Gasteiger partial charge in [0, 0.05) is 93.5 Å². The average Bonchev–Trinajstić information content (AvgIpc) is 1.50. The lowest BCUT2D eigenvalue weighted by Gasteiger charge is -2.45. The van der Waals surface area contributed by atoms with Crippen molar-refractivity contribution in [3.8, 4) is 124 Å². The minimum Gasteiger partial charge on any atom is -0.457 e. The van der Waals surface area contributed by atoms with Crippen LogP contribution in [0, 0.1) is 0 Å². The quantitative estimate of drug-likeness (QED) is 0.132. The van der Waals surface area contributed by atoms with Gasteiger partial charge in [0.05, 0.1) is 78.4 Å². The monoisotopic (exact) mass is 1650 g/mol. The molecule has 0 fully saturated rings. The van der Waals surface area contributed by atoms with Crippen molar-refractivity contribution < 1.29 is 4.74 Å². The van der Waals surface area contributed by atoms with Crippen molar-refractivity contribution in [3.05, 3.63) is 499 Å². The van der Waals surface area contributed by atoms with E-state index in [4.69, 9.17) is 34.6 Å². The Morgan fingerprint density at radius 2 is 0.662 bits per heavy atom. The van der Waals surface area contributed by atoms with E-state index in [0.29, 0.717) is 5.82 Å². The summed E-state index contributed by atoms with van der Waals surface area (Å²) in [6, 6.07) is 163. The fourth-order valence-corrected chi connectivity index (χ4v) is 21.6. The van der Waals surface area contributed by atoms with Gasteiger partial charge in [-0.2, -0.15) is 0 Å². The normalized spacial score (nSPS) is 13.1. The Kier molecular flexibility index (Phi) is 17.0. The molecule has 0 bridgehead atoms. The van der Waals surface area contributed by atoms with Gasteiger partial charge in [-0.25, -0.2) is 29.9 Å². The molecular weight excluding hydrogens is 1580 g/mol. The third kappa shape index (κ3) is 11.4. The van der Waals surface area contributed by atoms with Gasteiger partial charge in [0.15, 0.2) is 5.82 Å². The summed E-state index contributed by atoms with van der Waals surface area (Å²) >= 11 is 0. The third-order valence-electron chi connectivity index (χ3n) is 27.2. The van der Waals surface area contributed by atoms with Gasteiger partial charge in [-0.15, -0.1) is 0 Å². The molecule has 8 heteroatoms. The van der Waals surface area contributed by atoms with Crippen LogP contribution < -0.4 is 9.64 Å². The molecule has 23 aromatic rings. The Morgan fingerprint density at radius 1 is 0.215 bits per heavy atom. The number of anilines is 3. The molecule has 604 valence electrons. The first-order chi connectivity index (χ1) is 64.5. The van der Waals surface area contributed by atoms with Crippen molar-refractivity contribution in [3.63, 3.8) is 0 Å². The number of hydrogen-bond donors (Lipinski definition) is 0. The maximum Gasteiger partial charge on any atom is 0.160 e. The van der Waals surface area contributed by atoms with E-state index in [1.807, 2.05) is 30.3 Å². The summed E-state index contributed by atoms with van der Waals surface area (Å²) in [5, 5.41) is 8.97. The molecule has 0 radical (unpaired) electrons. The Morgan fingerprint density at radius 3 is 1.28 bits per heavy atom. The Balaban J connectivity index is 0.000000137. The molecule has 8 nitrogen and oxygen atoms in total. The minimum absolute atomic E-state index is 0.592. The van der Waals surface area contributed by atoms with Crippen molar-refractivity contribution in [2.45, 2.75) is 10.8 Å². The molecule has 130 heavy (non-hydrogen) atoms. The average molecular weight is 1650 g/mol. The molecular formula is C122H75N7O. The highest BCUT2D eigenvalue weighted by Gasteiger charge is 2.54. The molecule has 2 aliphatic heterocycles. The maximum absolute atomic E-state index is 6.75. The van der Waals surface area contributed by atoms with E-state index in [1.54, 1.807) is 0 Å². The lowest BCUT2D eigenvalue weighted by atomic mass is 9.64. The van der Waals surface area contributed by atoms with Crippen molar-refractivity contribution in [2.75, 3.05) is 4.90 Å². The van der Waals surface area contributed by atoms with Crippen LogP contribution in [0.25, 0.3) is 177 Å². The number of rotatable bonds is 9. The van der Waals surface area contributed by atoms with E-state index in [0.717, 1.165) is 167 Å². The summed E-state index contributed by atoms with van der Waals surface area (Å²) in [6.07, 6.45) is 0. The highest BCUT2D eigenvalue weighted by Crippen LogP contribution is 2.67. The van der Waals surface area contributed by atoms with Crippen LogP contribution in [0.5, 0.6) is 11.5 Å². The number of benzene rings is 18. The molecule has 2 aliphatic carbocycles. The molecule has 0 saturated heterocycles. The molecule has 0 saturated carbocycles. The van der Waals surface area contributed by atoms with E-state index in [2.05, 4.69) is 430 Å². The van der Waals surface area contributed by atoms with E-state index in [-0.39, 0.29) is 0 Å². The zero-order chi connectivity index (χ0) is 85.5. The van der Waals surface area contributed by atoms with Crippen molar-refractivity contribution in [2.24, 2.45) is 0 Å². The number of pyridine rings is 4. The number of ether oxygens (including phenoxy) is 1. The standard InChI is InChI=1S/C62H38N4.C60H37N3O/c1-4-16-39(17-5-1)52-35-30-41-28-29-42-31-36-53(64-61(42)60(41)63-52)43-32-37-54-47(38-43)57-46(59(65-54)40-18-6-2-7-19-40)33-34-51-58(57)45-22-10-11-23-48(45)62(51)49-24-12-14-26-55(49)66(44-20-8-3-9-21-44)56-27-15-13-25-50(56)62;1-4-17-39(18-5-1)53-37-54(63-59(62-53)42-21-8-3-9-22-42)40-33-31-38(32-34-40)43-24-16-27-50-57(43)47-35-46-45(44-23-10-13-28-52(44)61-58(46)41-19-6-2-7-20-41)36-51(47)60(50)48-25-11-14-29-55(48)64-56-30-15-12-26-49(56)60/h1-38H;1-37H. The Hall–Kier alpha value is -17.2. The van der Waals surface area contributed by atoms with Gasteiger partial charge in [0.2, 0.25) is 0 Å². The molecule has 7 heterocycles. The highest BCUT2D eigenvalue weighted by molar-refractivity contribution is 6.21. The van der Waals surface area contributed by atoms with Crippen LogP contribution in [0.4, 0.5) is 17.1 Å². The van der Waals surface area contributed by atoms with Crippen LogP contribution in [0.3, 0.4) is 0 Å². The number of nitrogens with zero attached hydrogens (tertiary/aromatic N) is 7. The summed E-state index contributed by atoms with van der Waals surface area (Å²) in [6.45, 7) is 0. The zero-order valence-corrected chi connectivity index (χ0v) is 70.3. The van der Waals surface area contributed by atoms with E-state index < -0.39 is 10.8 Å². The second kappa shape index (κ2) is 29.7. The van der Waals surface area contributed by atoms with Gasteiger partial charge in [-0.05, 0) is 157 Å². The minimum atomic E-state index is -0.653. The number of para-hydroxylation sites is 6. The fraction of sp³-hybridized carbons (Fsp3) is 0.0164. The fourth-order valence-electron chi connectivity index (χ4n) is 21.6. The van der Waals surface area contributed by atoms with Crippen LogP contribution in [-0.2, 0) is 10.8 Å². The SMILES string of the molecule is c1ccc(-c2cc(-c3ccc(-c4cccc5c4-c4cc6c(-c7ccccc7)nc7ccccc7c6cc4C54c5ccccc5Oc5ccccc54)cc3)nc(-c3ccccc3)n2)cc1.c1ccc(-c2ccc3ccc4ccc(-c5ccc6nc(-c7ccccc7)c7ccc8c(c7c6c5)-c5ccccc5C85c6ccccc6N(c6ccccc6)c6ccccc65)nc4c3n2)cc1. The lowest BCUT2D eigenvalue weighted by Crippen LogP contribution is -2.36. The molecule has 0 amide bonds. The summed E-state index contributed by atoms with van der Waals surface area (Å²) in [5.74, 6) is 2.44. The number of fused-ring (bicyclic) bond motifs is 28. The highest BCUT2D eigenvalue weighted by atomic mass is 16.5. The van der Waals surface area contributed by atoms with Gasteiger partial charge in [-0.1, -0.05) is 370 Å². The maximum atomic E-state index is 6.75. The summed E-state index contributed by atoms with van der Waals surface area (Å²) < 4.78 is 6.75. The van der Waals surface area contributed by atoms with Gasteiger partial charge < -0.3 is 9.64 Å². The predicted octanol–water partition coefficient (Wildman–Crippen LogP) is 30.6. The smallest absolute Gasteiger partial charge is 0.160 e. The van der Waals surface area contributed by atoms with Crippen molar-refractivity contribution in [1.82, 2.24) is 29.9 Å². The van der Waals surface area contributed by atoms with Crippen LogP contribution in [0.15, 0.2) is 455 Å². The largest absolute Gasteiger partial charge is 0.457 e. The van der Waals surface area contributed by atoms with E-state index in [9.17, 15) is 0 Å².